The molecule has 0 atom stereocenters. The summed E-state index contributed by atoms with van der Waals surface area (Å²) in [6, 6.07) is 16.7. The fourth-order valence-corrected chi connectivity index (χ4v) is 9.37. The van der Waals surface area contributed by atoms with Crippen molar-refractivity contribution in [1.82, 2.24) is 0 Å². The van der Waals surface area contributed by atoms with E-state index in [0.717, 1.165) is 48.7 Å². The third-order valence-corrected chi connectivity index (χ3v) is 14.3. The number of benzene rings is 4. The predicted octanol–water partition coefficient (Wildman–Crippen LogP) is 7.66. The van der Waals surface area contributed by atoms with Gasteiger partial charge in [0.05, 0.1) is 96.9 Å². The zero-order chi connectivity index (χ0) is 85.1. The first-order valence-electron chi connectivity index (χ1n) is 33.7. The highest BCUT2D eigenvalue weighted by atomic mass is 32.2. The standard InChI is InChI=1S/2C12H17NO8S2.2C11H14N4O5S.10H2/c2*1-22(16,17)20-7-5-10-3-4-12(13(14)15)9-11(10)6-8-21-23(2,18)19;1-21(18,19)20-7-5-9-2-3-11(15(16)17)8-10(9)4-6-13-14-12;1-21(18,19)20-7-5-10-8-11(15(16)17)3-2-9(10)4-6-13-14-12;;;;;;;;;;/h2*3-4,9H,5-8H2,1-2H3;2*2-3,8H,4-7H2,1H3;10*1H/i;;;;9*1+1D;1+1. The lowest BCUT2D eigenvalue weighted by atomic mass is 10.0. The first-order valence-corrected chi connectivity index (χ1v) is 35.6. The van der Waals surface area contributed by atoms with Crippen LogP contribution in [0.3, 0.4) is 0 Å². The largest absolute Gasteiger partial charge is 0.270 e. The maximum atomic E-state index is 10.9. The van der Waals surface area contributed by atoms with Gasteiger partial charge in [-0.05, 0) is 107 Å². The average Bonchev–Trinajstić information content (AvgIpc) is 0.871. The van der Waals surface area contributed by atoms with Gasteiger partial charge in [0.1, 0.15) is 0 Å². The average molecular weight is 1400 g/mol. The summed E-state index contributed by atoms with van der Waals surface area (Å²) < 4.78 is 249. The summed E-state index contributed by atoms with van der Waals surface area (Å²) >= 11 is 0. The fraction of sp³-hybridized carbons (Fsp3) is 0.478. The first-order chi connectivity index (χ1) is 49.6. The van der Waals surface area contributed by atoms with Crippen molar-refractivity contribution in [3.63, 3.8) is 0 Å². The van der Waals surface area contributed by atoms with E-state index in [9.17, 15) is 91.0 Å². The molecule has 42 heteroatoms. The van der Waals surface area contributed by atoms with Crippen molar-refractivity contribution < 1.29 is 123 Å². The Morgan fingerprint density at radius 1 is 0.352 bits per heavy atom. The van der Waals surface area contributed by atoms with Crippen LogP contribution >= 0.6 is 0 Å². The summed E-state index contributed by atoms with van der Waals surface area (Å²) in [6.45, 7) is -0.335. The van der Waals surface area contributed by atoms with Crippen LogP contribution in [0, 0.1) is 40.5 Å². The van der Waals surface area contributed by atoms with Crippen LogP contribution < -0.4 is 0 Å². The number of nitrogens with zero attached hydrogens (tertiary/aromatic N) is 10. The van der Waals surface area contributed by atoms with Crippen LogP contribution in [0.4, 0.5) is 22.7 Å². The molecule has 36 nitrogen and oxygen atoms in total. The lowest BCUT2D eigenvalue weighted by Crippen LogP contribution is -2.10. The smallest absolute Gasteiger partial charge is 0.269 e. The zero-order valence-electron chi connectivity index (χ0n) is 65.8. The normalized spacial score (nSPS) is 12.4. The molecule has 0 aliphatic rings. The van der Waals surface area contributed by atoms with Gasteiger partial charge in [0, 0.05) is 99.6 Å². The topological polar surface area (TPSA) is 530 Å². The number of rotatable bonds is 34. The summed E-state index contributed by atoms with van der Waals surface area (Å²) in [5.41, 5.74) is 21.0. The molecule has 0 aromatic heterocycles. The van der Waals surface area contributed by atoms with Crippen molar-refractivity contribution in [2.24, 2.45) is 10.2 Å². The molecule has 0 fully saturated rings. The first kappa shape index (κ1) is 63.6. The van der Waals surface area contributed by atoms with E-state index in [1.165, 1.54) is 60.7 Å². The van der Waals surface area contributed by atoms with Gasteiger partial charge in [-0.3, -0.25) is 65.6 Å². The van der Waals surface area contributed by atoms with Crippen molar-refractivity contribution in [1.29, 1.82) is 0 Å². The Morgan fingerprint density at radius 2 is 0.523 bits per heavy atom. The summed E-state index contributed by atoms with van der Waals surface area (Å²) in [5.74, 6) is 0. The number of hydrogen-bond acceptors (Lipinski definition) is 28. The second-order valence-electron chi connectivity index (χ2n) is 17.9. The van der Waals surface area contributed by atoms with E-state index in [4.69, 9.17) is 37.8 Å². The van der Waals surface area contributed by atoms with Crippen molar-refractivity contribution in [3.05, 3.63) is 179 Å². The molecule has 0 aliphatic carbocycles. The molecule has 0 N–H and O–H groups in total. The van der Waals surface area contributed by atoms with Crippen LogP contribution in [0.2, 0.25) is 0 Å². The molecule has 4 aromatic rings. The molecule has 0 amide bonds. The highest BCUT2D eigenvalue weighted by Gasteiger charge is 2.17. The Balaban J connectivity index is -0.000000136. The molecular formula is C46H82N10O26S6. The lowest BCUT2D eigenvalue weighted by molar-refractivity contribution is -0.385. The van der Waals surface area contributed by atoms with Crippen LogP contribution in [0.5, 0.6) is 0 Å². The third-order valence-electron chi connectivity index (χ3n) is 10.7. The summed E-state index contributed by atoms with van der Waals surface area (Å²) in [6.07, 6.45) is 7.45. The Labute approximate surface area is 535 Å². The third kappa shape index (κ3) is 37.3. The van der Waals surface area contributed by atoms with Gasteiger partial charge >= 0.3 is 0 Å². The highest BCUT2D eigenvalue weighted by Crippen LogP contribution is 2.24. The number of azide groups is 2. The minimum Gasteiger partial charge on any atom is -0.270 e. The number of non-ortho nitro benzene ring substituents is 4. The van der Waals surface area contributed by atoms with Gasteiger partial charge in [-0.15, -0.1) is 0 Å². The molecule has 4 aromatic carbocycles. The van der Waals surface area contributed by atoms with Gasteiger partial charge in [-0.25, -0.2) is 0 Å². The molecule has 0 bridgehead atoms. The van der Waals surface area contributed by atoms with Gasteiger partial charge in [-0.2, -0.15) is 50.5 Å². The van der Waals surface area contributed by atoms with Crippen molar-refractivity contribution in [3.8, 4) is 0 Å². The minimum atomic E-state index is -3.61. The van der Waals surface area contributed by atoms with Crippen molar-refractivity contribution >= 4 is 83.5 Å². The predicted molar refractivity (Wildman–Crippen MR) is 336 cm³/mol. The number of nitro benzene ring substituents is 4. The molecule has 0 unspecified atom stereocenters. The molecule has 0 saturated heterocycles. The van der Waals surface area contributed by atoms with Gasteiger partial charge in [0.2, 0.25) is 0 Å². The van der Waals surface area contributed by atoms with E-state index in [2.05, 4.69) is 45.2 Å². The molecule has 0 heterocycles. The number of nitro groups is 4. The maximum absolute atomic E-state index is 10.9. The van der Waals surface area contributed by atoms with Crippen LogP contribution in [-0.4, -0.2) is 160 Å². The Bertz CT molecular complexity index is 3820. The quantitative estimate of drug-likeness (QED) is 0.0108. The SMILES string of the molecule is CS(=O)(=O)OCCc1cc([N+](=O)[O-])ccc1CCN=[N+]=[N-].CS(=O)(=O)OCCc1ccc([N+](=O)[O-])cc1CCN=[N+]=[N-].CS(=O)(=O)OCCc1ccc([N+](=O)[O-])cc1CCOS(C)(=O)=O.CS(=O)(=O)OCCc1ccc([N+](=O)[O-])cc1CCOS(C)(=O)=O.[2HH].[2H][2H].[2H][2H].[2H][2H].[2H][2H].[2H][2H].[2H][2H].[2H][2H].[2H][2H].[2H][2H]. The second-order valence-corrected chi connectivity index (χ2v) is 27.8. The fourth-order valence-electron chi connectivity index (χ4n) is 7.06. The van der Waals surface area contributed by atoms with Crippen molar-refractivity contribution in [2.45, 2.75) is 51.4 Å². The molecular weight excluding hydrogens is 1300 g/mol. The Hall–Kier alpha value is -7.44. The summed E-state index contributed by atoms with van der Waals surface area (Å²) in [4.78, 5) is 46.2. The van der Waals surface area contributed by atoms with Crippen LogP contribution in [0.15, 0.2) is 83.0 Å². The summed E-state index contributed by atoms with van der Waals surface area (Å²) in [7, 11) is -21.4. The van der Waals surface area contributed by atoms with E-state index < -0.39 is 80.4 Å². The maximum Gasteiger partial charge on any atom is 0.269 e. The molecule has 0 radical (unpaired) electrons. The highest BCUT2D eigenvalue weighted by molar-refractivity contribution is 7.87. The molecule has 0 spiro atoms. The van der Waals surface area contributed by atoms with Gasteiger partial charge < -0.3 is 0 Å². The van der Waals surface area contributed by atoms with E-state index in [1.54, 1.807) is 12.1 Å². The van der Waals surface area contributed by atoms with E-state index >= 15 is 0 Å². The number of hydrogen-bond donors (Lipinski definition) is 0. The Kier molecular flexibility index (Phi) is 27.0. The van der Waals surface area contributed by atoms with E-state index in [-0.39, 0.29) is 115 Å². The van der Waals surface area contributed by atoms with Gasteiger partial charge in [0.25, 0.3) is 83.5 Å². The van der Waals surface area contributed by atoms with Crippen LogP contribution in [-0.2, 0) is 137 Å². The molecule has 4 rings (SSSR count). The van der Waals surface area contributed by atoms with Gasteiger partial charge in [-0.1, -0.05) is 34.5 Å². The zero-order valence-corrected chi connectivity index (χ0v) is 52.7. The van der Waals surface area contributed by atoms with Crippen molar-refractivity contribution in [2.75, 3.05) is 90.3 Å². The lowest BCUT2D eigenvalue weighted by Gasteiger charge is -2.09. The van der Waals surface area contributed by atoms with Crippen LogP contribution in [0.1, 0.15) is 72.7 Å². The van der Waals surface area contributed by atoms with Gasteiger partial charge in [0.15, 0.2) is 0 Å². The molecule has 88 heavy (non-hydrogen) atoms. The van der Waals surface area contributed by atoms with E-state index in [0.29, 0.717) is 46.2 Å². The molecule has 508 valence electrons. The van der Waals surface area contributed by atoms with E-state index in [1.807, 2.05) is 0 Å². The molecule has 0 aliphatic heterocycles. The Morgan fingerprint density at radius 3 is 0.705 bits per heavy atom. The minimum absolute atomic E-state index is 0. The summed E-state index contributed by atoms with van der Waals surface area (Å²) in [5, 5.41) is 50.0. The monoisotopic (exact) mass is 1400 g/mol. The molecule has 0 saturated carbocycles. The van der Waals surface area contributed by atoms with Crippen LogP contribution in [0.25, 0.3) is 20.9 Å². The second kappa shape index (κ2) is 37.4.